The molecule has 0 unspecified atom stereocenters. The highest BCUT2D eigenvalue weighted by atomic mass is 32.2. The molecule has 0 spiro atoms. The van der Waals surface area contributed by atoms with Crippen LogP contribution in [0.25, 0.3) is 10.9 Å². The van der Waals surface area contributed by atoms with E-state index in [0.717, 1.165) is 17.7 Å². The third-order valence-corrected chi connectivity index (χ3v) is 6.67. The zero-order valence-corrected chi connectivity index (χ0v) is 18.6. The minimum Gasteiger partial charge on any atom is -0.345 e. The highest BCUT2D eigenvalue weighted by Gasteiger charge is 2.23. The summed E-state index contributed by atoms with van der Waals surface area (Å²) in [7, 11) is -4.11. The average Bonchev–Trinajstić information content (AvgIpc) is 2.83. The smallest absolute Gasteiger partial charge is 0.264 e. The van der Waals surface area contributed by atoms with Gasteiger partial charge in [0.1, 0.15) is 10.7 Å². The minimum absolute atomic E-state index is 0.0234. The number of halogens is 1. The second-order valence-electron chi connectivity index (χ2n) is 7.47. The van der Waals surface area contributed by atoms with Crippen LogP contribution < -0.4 is 10.0 Å². The Bertz CT molecular complexity index is 1400. The van der Waals surface area contributed by atoms with Gasteiger partial charge in [-0.15, -0.1) is 0 Å². The number of aromatic nitrogens is 1. The summed E-state index contributed by atoms with van der Waals surface area (Å²) in [5.74, 6) is -1.23. The first-order valence-corrected chi connectivity index (χ1v) is 11.9. The Morgan fingerprint density at radius 2 is 1.76 bits per heavy atom. The van der Waals surface area contributed by atoms with Gasteiger partial charge in [-0.05, 0) is 42.3 Å². The van der Waals surface area contributed by atoms with Gasteiger partial charge in [0.05, 0.1) is 22.8 Å². The highest BCUT2D eigenvalue weighted by Crippen LogP contribution is 2.26. The molecule has 0 saturated heterocycles. The summed E-state index contributed by atoms with van der Waals surface area (Å²) in [6.07, 6.45) is 2.11. The molecular formula is C25H22FN3O3S. The van der Waals surface area contributed by atoms with Gasteiger partial charge in [0.15, 0.2) is 0 Å². The molecule has 0 saturated carbocycles. The van der Waals surface area contributed by atoms with Crippen LogP contribution in [0.5, 0.6) is 0 Å². The number of fused-ring (bicyclic) bond motifs is 1. The van der Waals surface area contributed by atoms with E-state index in [0.29, 0.717) is 17.3 Å². The van der Waals surface area contributed by atoms with Crippen LogP contribution in [-0.2, 0) is 10.0 Å². The van der Waals surface area contributed by atoms with E-state index < -0.39 is 21.7 Å². The second-order valence-corrected chi connectivity index (χ2v) is 9.12. The topological polar surface area (TPSA) is 88.2 Å². The van der Waals surface area contributed by atoms with Crippen molar-refractivity contribution in [3.63, 3.8) is 0 Å². The fraction of sp³-hybridized carbons (Fsp3) is 0.120. The SMILES string of the molecule is CC[C@H](NC(=O)c1cc(F)ccc1NS(=O)(=O)c1cccc2cccnc12)c1ccccc1. The van der Waals surface area contributed by atoms with Crippen molar-refractivity contribution in [2.45, 2.75) is 24.3 Å². The molecule has 1 amide bonds. The summed E-state index contributed by atoms with van der Waals surface area (Å²) >= 11 is 0. The number of pyridine rings is 1. The summed E-state index contributed by atoms with van der Waals surface area (Å²) < 4.78 is 42.9. The minimum atomic E-state index is -4.11. The number of nitrogens with zero attached hydrogens (tertiary/aromatic N) is 1. The average molecular weight is 464 g/mol. The van der Waals surface area contributed by atoms with Crippen molar-refractivity contribution in [2.75, 3.05) is 4.72 Å². The quantitative estimate of drug-likeness (QED) is 0.401. The lowest BCUT2D eigenvalue weighted by Crippen LogP contribution is -2.29. The van der Waals surface area contributed by atoms with E-state index in [2.05, 4.69) is 15.0 Å². The summed E-state index contributed by atoms with van der Waals surface area (Å²) in [5.41, 5.74) is 1.07. The zero-order valence-electron chi connectivity index (χ0n) is 17.8. The van der Waals surface area contributed by atoms with E-state index in [4.69, 9.17) is 0 Å². The lowest BCUT2D eigenvalue weighted by atomic mass is 10.0. The van der Waals surface area contributed by atoms with Gasteiger partial charge in [0.25, 0.3) is 15.9 Å². The number of benzene rings is 3. The molecule has 6 nitrogen and oxygen atoms in total. The summed E-state index contributed by atoms with van der Waals surface area (Å²) in [6.45, 7) is 1.92. The third-order valence-electron chi connectivity index (χ3n) is 5.27. The Balaban J connectivity index is 1.68. The number of sulfonamides is 1. The van der Waals surface area contributed by atoms with Crippen molar-refractivity contribution in [3.05, 3.63) is 102 Å². The molecule has 1 aromatic heterocycles. The highest BCUT2D eigenvalue weighted by molar-refractivity contribution is 7.93. The molecule has 0 aliphatic carbocycles. The van der Waals surface area contributed by atoms with Gasteiger partial charge in [-0.25, -0.2) is 12.8 Å². The van der Waals surface area contributed by atoms with Gasteiger partial charge < -0.3 is 5.32 Å². The molecule has 0 aliphatic rings. The van der Waals surface area contributed by atoms with Crippen molar-refractivity contribution in [3.8, 4) is 0 Å². The Hall–Kier alpha value is -3.78. The number of rotatable bonds is 7. The Morgan fingerprint density at radius 1 is 1.00 bits per heavy atom. The Morgan fingerprint density at radius 3 is 2.52 bits per heavy atom. The monoisotopic (exact) mass is 463 g/mol. The van der Waals surface area contributed by atoms with Crippen LogP contribution in [-0.4, -0.2) is 19.3 Å². The van der Waals surface area contributed by atoms with Crippen LogP contribution >= 0.6 is 0 Å². The molecule has 168 valence electrons. The fourth-order valence-corrected chi connectivity index (χ4v) is 4.89. The fourth-order valence-electron chi connectivity index (χ4n) is 3.63. The Labute approximate surface area is 191 Å². The van der Waals surface area contributed by atoms with Crippen molar-refractivity contribution >= 4 is 32.5 Å². The van der Waals surface area contributed by atoms with Gasteiger partial charge in [0, 0.05) is 11.6 Å². The molecule has 1 atom stereocenters. The summed E-state index contributed by atoms with van der Waals surface area (Å²) in [4.78, 5) is 17.2. The van der Waals surface area contributed by atoms with Gasteiger partial charge in [-0.3, -0.25) is 14.5 Å². The van der Waals surface area contributed by atoms with Gasteiger partial charge >= 0.3 is 0 Å². The summed E-state index contributed by atoms with van der Waals surface area (Å²) in [5, 5.41) is 3.53. The van der Waals surface area contributed by atoms with Gasteiger partial charge in [0.2, 0.25) is 0 Å². The van der Waals surface area contributed by atoms with Crippen molar-refractivity contribution in [1.29, 1.82) is 0 Å². The van der Waals surface area contributed by atoms with Crippen molar-refractivity contribution in [1.82, 2.24) is 10.3 Å². The number of anilines is 1. The van der Waals surface area contributed by atoms with E-state index in [1.54, 1.807) is 24.3 Å². The zero-order chi connectivity index (χ0) is 23.4. The molecule has 0 aliphatic heterocycles. The Kier molecular flexibility index (Phi) is 6.37. The molecule has 3 aromatic carbocycles. The van der Waals surface area contributed by atoms with Crippen LogP contribution in [0.3, 0.4) is 0 Å². The molecule has 1 heterocycles. The lowest BCUT2D eigenvalue weighted by molar-refractivity contribution is 0.0936. The molecule has 2 N–H and O–H groups in total. The van der Waals surface area contributed by atoms with E-state index >= 15 is 0 Å². The number of amides is 1. The lowest BCUT2D eigenvalue weighted by Gasteiger charge is -2.19. The van der Waals surface area contributed by atoms with Crippen LogP contribution in [0.15, 0.2) is 90.0 Å². The second kappa shape index (κ2) is 9.38. The van der Waals surface area contributed by atoms with Crippen molar-refractivity contribution < 1.29 is 17.6 Å². The van der Waals surface area contributed by atoms with Gasteiger partial charge in [-0.1, -0.05) is 55.5 Å². The largest absolute Gasteiger partial charge is 0.345 e. The molecule has 33 heavy (non-hydrogen) atoms. The third kappa shape index (κ3) is 4.85. The molecule has 4 aromatic rings. The van der Waals surface area contributed by atoms with Crippen molar-refractivity contribution in [2.24, 2.45) is 0 Å². The number of carbonyl (C=O) groups excluding carboxylic acids is 1. The predicted octanol–water partition coefficient (Wildman–Crippen LogP) is 5.06. The summed E-state index contributed by atoms with van der Waals surface area (Å²) in [6, 6.07) is 20.7. The first-order chi connectivity index (χ1) is 15.9. The number of nitrogens with one attached hydrogen (secondary N) is 2. The van der Waals surface area contributed by atoms with E-state index in [1.807, 2.05) is 37.3 Å². The van der Waals surface area contributed by atoms with Crippen LogP contribution in [0.2, 0.25) is 0 Å². The molecule has 0 fully saturated rings. The normalized spacial score (nSPS) is 12.3. The van der Waals surface area contributed by atoms with E-state index in [9.17, 15) is 17.6 Å². The predicted molar refractivity (Wildman–Crippen MR) is 126 cm³/mol. The first-order valence-electron chi connectivity index (χ1n) is 10.4. The molecule has 0 radical (unpaired) electrons. The van der Waals surface area contributed by atoms with Gasteiger partial charge in [-0.2, -0.15) is 0 Å². The maximum atomic E-state index is 14.0. The molecular weight excluding hydrogens is 441 g/mol. The van der Waals surface area contributed by atoms with E-state index in [-0.39, 0.29) is 22.2 Å². The van der Waals surface area contributed by atoms with Crippen LogP contribution in [0.4, 0.5) is 10.1 Å². The van der Waals surface area contributed by atoms with Crippen LogP contribution in [0.1, 0.15) is 35.3 Å². The molecule has 4 rings (SSSR count). The first kappa shape index (κ1) is 22.4. The molecule has 8 heteroatoms. The maximum Gasteiger partial charge on any atom is 0.264 e. The van der Waals surface area contributed by atoms with E-state index in [1.165, 1.54) is 18.3 Å². The number of hydrogen-bond acceptors (Lipinski definition) is 4. The number of hydrogen-bond donors (Lipinski definition) is 2. The van der Waals surface area contributed by atoms with Crippen LogP contribution in [0, 0.1) is 5.82 Å². The number of carbonyl (C=O) groups is 1. The standard InChI is InChI=1S/C25H22FN3O3S/c1-2-21(17-8-4-3-5-9-17)28-25(30)20-16-19(26)13-14-22(20)29-33(31,32)23-12-6-10-18-11-7-15-27-24(18)23/h3-16,21,29H,2H2,1H3,(H,28,30)/t21-/m0/s1. The number of para-hydroxylation sites is 1. The molecule has 0 bridgehead atoms. The maximum absolute atomic E-state index is 14.0.